The lowest BCUT2D eigenvalue weighted by molar-refractivity contribution is -0.274. The van der Waals surface area contributed by atoms with Crippen molar-refractivity contribution < 1.29 is 22.7 Å². The van der Waals surface area contributed by atoms with E-state index in [0.29, 0.717) is 6.54 Å². The van der Waals surface area contributed by atoms with Crippen molar-refractivity contribution in [2.45, 2.75) is 38.0 Å². The molecule has 36 heavy (non-hydrogen) atoms. The van der Waals surface area contributed by atoms with Gasteiger partial charge in [-0.05, 0) is 68.1 Å². The van der Waals surface area contributed by atoms with Gasteiger partial charge < -0.3 is 15.0 Å². The van der Waals surface area contributed by atoms with Crippen LogP contribution < -0.4 is 10.1 Å². The largest absolute Gasteiger partial charge is 0.573 e. The fraction of sp³-hybridized carbons (Fsp3) is 0.345. The summed E-state index contributed by atoms with van der Waals surface area (Å²) < 4.78 is 42.5. The van der Waals surface area contributed by atoms with Crippen molar-refractivity contribution in [3.05, 3.63) is 101 Å². The Morgan fingerprint density at radius 1 is 0.944 bits per heavy atom. The fourth-order valence-corrected chi connectivity index (χ4v) is 4.95. The van der Waals surface area contributed by atoms with Crippen LogP contribution in [0, 0.1) is 6.92 Å². The third-order valence-electron chi connectivity index (χ3n) is 7.10. The molecule has 1 aliphatic rings. The number of para-hydroxylation sites is 1. The molecule has 190 valence electrons. The maximum Gasteiger partial charge on any atom is 0.573 e. The van der Waals surface area contributed by atoms with Gasteiger partial charge in [-0.3, -0.25) is 4.79 Å². The molecular weight excluding hydrogens is 465 g/mol. The highest BCUT2D eigenvalue weighted by atomic mass is 19.4. The zero-order valence-corrected chi connectivity index (χ0v) is 20.4. The Labute approximate surface area is 210 Å². The summed E-state index contributed by atoms with van der Waals surface area (Å²) in [5.41, 5.74) is 3.35. The van der Waals surface area contributed by atoms with Crippen molar-refractivity contribution in [2.75, 3.05) is 26.2 Å². The molecule has 1 amide bonds. The summed E-state index contributed by atoms with van der Waals surface area (Å²) in [6.45, 7) is 5.19. The summed E-state index contributed by atoms with van der Waals surface area (Å²) in [7, 11) is 0. The summed E-state index contributed by atoms with van der Waals surface area (Å²) in [4.78, 5) is 15.4. The topological polar surface area (TPSA) is 41.6 Å². The quantitative estimate of drug-likeness (QED) is 0.422. The molecule has 1 saturated heterocycles. The minimum atomic E-state index is -4.87. The molecule has 7 heteroatoms. The number of rotatable bonds is 8. The molecule has 0 saturated carbocycles. The number of nitrogens with one attached hydrogen (secondary N) is 1. The van der Waals surface area contributed by atoms with Crippen LogP contribution in [0.5, 0.6) is 5.75 Å². The summed E-state index contributed by atoms with van der Waals surface area (Å²) in [6, 6.07) is 23.9. The highest BCUT2D eigenvalue weighted by molar-refractivity contribution is 5.97. The summed E-state index contributed by atoms with van der Waals surface area (Å²) in [5.74, 6) is -1.07. The number of halogens is 3. The highest BCUT2D eigenvalue weighted by Crippen LogP contribution is 2.35. The molecule has 3 aromatic rings. The number of nitrogens with zero attached hydrogens (tertiary/aromatic N) is 1. The van der Waals surface area contributed by atoms with Crippen LogP contribution in [0.1, 0.15) is 39.9 Å². The first-order valence-electron chi connectivity index (χ1n) is 12.2. The molecule has 0 aliphatic carbocycles. The SMILES string of the molecule is Cc1ccccc1CCN1CCC(CNC(=O)c2ccccc2OC(F)(F)F)(c2ccccc2)CC1. The molecule has 0 unspecified atom stereocenters. The molecule has 0 aromatic heterocycles. The fourth-order valence-electron chi connectivity index (χ4n) is 4.95. The van der Waals surface area contributed by atoms with Crippen molar-refractivity contribution in [2.24, 2.45) is 0 Å². The van der Waals surface area contributed by atoms with Gasteiger partial charge in [-0.1, -0.05) is 66.7 Å². The summed E-state index contributed by atoms with van der Waals surface area (Å²) >= 11 is 0. The average molecular weight is 497 g/mol. The first kappa shape index (κ1) is 25.8. The molecule has 1 fully saturated rings. The van der Waals surface area contributed by atoms with Gasteiger partial charge in [0.1, 0.15) is 5.75 Å². The highest BCUT2D eigenvalue weighted by Gasteiger charge is 2.37. The molecule has 4 rings (SSSR count). The number of hydrogen-bond acceptors (Lipinski definition) is 3. The second-order valence-corrected chi connectivity index (χ2v) is 9.39. The van der Waals surface area contributed by atoms with E-state index in [-0.39, 0.29) is 11.0 Å². The maximum absolute atomic E-state index is 13.0. The van der Waals surface area contributed by atoms with Crippen molar-refractivity contribution >= 4 is 5.91 Å². The van der Waals surface area contributed by atoms with E-state index in [1.165, 1.54) is 29.3 Å². The number of benzene rings is 3. The Kier molecular flexibility index (Phi) is 7.99. The lowest BCUT2D eigenvalue weighted by atomic mass is 9.72. The van der Waals surface area contributed by atoms with E-state index in [1.807, 2.05) is 18.2 Å². The van der Waals surface area contributed by atoms with Gasteiger partial charge in [0.25, 0.3) is 5.91 Å². The average Bonchev–Trinajstić information content (AvgIpc) is 2.87. The molecule has 0 spiro atoms. The molecule has 4 nitrogen and oxygen atoms in total. The van der Waals surface area contributed by atoms with Crippen molar-refractivity contribution in [3.63, 3.8) is 0 Å². The van der Waals surface area contributed by atoms with E-state index in [4.69, 9.17) is 0 Å². The van der Waals surface area contributed by atoms with Gasteiger partial charge >= 0.3 is 6.36 Å². The van der Waals surface area contributed by atoms with Crippen LogP contribution in [0.25, 0.3) is 0 Å². The van der Waals surface area contributed by atoms with Gasteiger partial charge in [-0.25, -0.2) is 0 Å². The Morgan fingerprint density at radius 3 is 2.28 bits per heavy atom. The van der Waals surface area contributed by atoms with Crippen LogP contribution in [0.2, 0.25) is 0 Å². The van der Waals surface area contributed by atoms with Gasteiger partial charge in [0.2, 0.25) is 0 Å². The zero-order chi connectivity index (χ0) is 25.6. The lowest BCUT2D eigenvalue weighted by Crippen LogP contribution is -2.49. The molecule has 0 radical (unpaired) electrons. The Balaban J connectivity index is 1.44. The van der Waals surface area contributed by atoms with Gasteiger partial charge in [0.05, 0.1) is 5.56 Å². The second-order valence-electron chi connectivity index (χ2n) is 9.39. The van der Waals surface area contributed by atoms with Gasteiger partial charge in [-0.15, -0.1) is 13.2 Å². The van der Waals surface area contributed by atoms with E-state index in [0.717, 1.165) is 50.5 Å². The van der Waals surface area contributed by atoms with Crippen LogP contribution in [-0.4, -0.2) is 43.3 Å². The monoisotopic (exact) mass is 496 g/mol. The molecule has 1 aliphatic heterocycles. The lowest BCUT2D eigenvalue weighted by Gasteiger charge is -2.42. The minimum Gasteiger partial charge on any atom is -0.405 e. The number of ether oxygens (including phenoxy) is 1. The standard InChI is InChI=1S/C29H31F3N2O2/c1-22-9-5-6-10-23(22)15-18-34-19-16-28(17-20-34,24-11-3-2-4-12-24)21-33-27(35)25-13-7-8-14-26(25)36-29(30,31)32/h2-14H,15-21H2,1H3,(H,33,35). The zero-order valence-electron chi connectivity index (χ0n) is 20.4. The van der Waals surface area contributed by atoms with Crippen molar-refractivity contribution in [1.82, 2.24) is 10.2 Å². The number of alkyl halides is 3. The second kappa shape index (κ2) is 11.2. The van der Waals surface area contributed by atoms with Crippen molar-refractivity contribution in [3.8, 4) is 5.75 Å². The number of carbonyl (C=O) groups excluding carboxylic acids is 1. The number of hydrogen-bond donors (Lipinski definition) is 1. The van der Waals surface area contributed by atoms with Crippen LogP contribution >= 0.6 is 0 Å². The van der Waals surface area contributed by atoms with Gasteiger partial charge in [0, 0.05) is 18.5 Å². The van der Waals surface area contributed by atoms with Gasteiger partial charge in [0.15, 0.2) is 0 Å². The van der Waals surface area contributed by atoms with Crippen LogP contribution in [-0.2, 0) is 11.8 Å². The number of likely N-dealkylation sites (tertiary alicyclic amines) is 1. The first-order chi connectivity index (χ1) is 17.3. The third kappa shape index (κ3) is 6.46. The predicted molar refractivity (Wildman–Crippen MR) is 134 cm³/mol. The molecule has 3 aromatic carbocycles. The molecule has 1 N–H and O–H groups in total. The summed E-state index contributed by atoms with van der Waals surface area (Å²) in [5, 5.41) is 2.91. The molecule has 0 atom stereocenters. The summed E-state index contributed by atoms with van der Waals surface area (Å²) in [6.07, 6.45) is -2.21. The molecular formula is C29H31F3N2O2. The van der Waals surface area contributed by atoms with Crippen LogP contribution in [0.15, 0.2) is 78.9 Å². The van der Waals surface area contributed by atoms with E-state index in [1.54, 1.807) is 0 Å². The van der Waals surface area contributed by atoms with E-state index < -0.39 is 18.0 Å². The number of aryl methyl sites for hydroxylation is 1. The number of piperidine rings is 1. The first-order valence-corrected chi connectivity index (χ1v) is 12.2. The minimum absolute atomic E-state index is 0.131. The molecule has 1 heterocycles. The van der Waals surface area contributed by atoms with Gasteiger partial charge in [-0.2, -0.15) is 0 Å². The normalized spacial score (nSPS) is 15.9. The van der Waals surface area contributed by atoms with Crippen LogP contribution in [0.3, 0.4) is 0 Å². The number of carbonyl (C=O) groups is 1. The van der Waals surface area contributed by atoms with E-state index >= 15 is 0 Å². The molecule has 0 bridgehead atoms. The van der Waals surface area contributed by atoms with Crippen LogP contribution in [0.4, 0.5) is 13.2 Å². The Bertz CT molecular complexity index is 1160. The Morgan fingerprint density at radius 2 is 1.58 bits per heavy atom. The Hall–Kier alpha value is -3.32. The maximum atomic E-state index is 13.0. The van der Waals surface area contributed by atoms with E-state index in [2.05, 4.69) is 58.3 Å². The predicted octanol–water partition coefficient (Wildman–Crippen LogP) is 5.90. The smallest absolute Gasteiger partial charge is 0.405 e. The van der Waals surface area contributed by atoms with E-state index in [9.17, 15) is 18.0 Å². The third-order valence-corrected chi connectivity index (χ3v) is 7.10. The van der Waals surface area contributed by atoms with Crippen molar-refractivity contribution in [1.29, 1.82) is 0 Å². The number of amides is 1.